The van der Waals surface area contributed by atoms with Gasteiger partial charge in [0.15, 0.2) is 0 Å². The Kier molecular flexibility index (Phi) is 8.51. The summed E-state index contributed by atoms with van der Waals surface area (Å²) in [6.45, 7) is 6.75. The SMILES string of the molecule is CCNC(=O)CSSC(C)(C)CCC(=O)NC.[HH].[HH]. The Bertz CT molecular complexity index is 267. The van der Waals surface area contributed by atoms with Crippen molar-refractivity contribution >= 4 is 33.4 Å². The highest BCUT2D eigenvalue weighted by molar-refractivity contribution is 8.77. The van der Waals surface area contributed by atoms with E-state index in [9.17, 15) is 9.59 Å². The third-order valence-corrected chi connectivity index (χ3v) is 5.30. The Morgan fingerprint density at radius 1 is 1.29 bits per heavy atom. The molecule has 0 aliphatic rings. The maximum atomic E-state index is 11.2. The van der Waals surface area contributed by atoms with E-state index in [0.29, 0.717) is 18.7 Å². The molecule has 0 unspecified atom stereocenters. The van der Waals surface area contributed by atoms with E-state index in [2.05, 4.69) is 24.5 Å². The quantitative estimate of drug-likeness (QED) is 0.671. The zero-order chi connectivity index (χ0) is 13.3. The van der Waals surface area contributed by atoms with Crippen LogP contribution >= 0.6 is 21.6 Å². The van der Waals surface area contributed by atoms with Crippen molar-refractivity contribution in [2.75, 3.05) is 19.3 Å². The molecular formula is C11H26N2O2S2. The first-order chi connectivity index (χ1) is 7.91. The van der Waals surface area contributed by atoms with Crippen molar-refractivity contribution in [3.63, 3.8) is 0 Å². The molecule has 0 aliphatic carbocycles. The predicted molar refractivity (Wildman–Crippen MR) is 80.3 cm³/mol. The zero-order valence-corrected chi connectivity index (χ0v) is 12.6. The van der Waals surface area contributed by atoms with Crippen molar-refractivity contribution in [1.29, 1.82) is 0 Å². The molecule has 0 radical (unpaired) electrons. The maximum absolute atomic E-state index is 11.2. The van der Waals surface area contributed by atoms with Crippen LogP contribution in [0.3, 0.4) is 0 Å². The van der Waals surface area contributed by atoms with Gasteiger partial charge >= 0.3 is 0 Å². The van der Waals surface area contributed by atoms with Gasteiger partial charge in [-0.1, -0.05) is 21.6 Å². The van der Waals surface area contributed by atoms with Gasteiger partial charge in [0.05, 0.1) is 5.75 Å². The molecular weight excluding hydrogens is 256 g/mol. The number of amides is 2. The fraction of sp³-hybridized carbons (Fsp3) is 0.818. The molecule has 6 heteroatoms. The molecule has 0 aromatic rings. The minimum absolute atomic E-state index is 0. The van der Waals surface area contributed by atoms with E-state index in [4.69, 9.17) is 0 Å². The Hall–Kier alpha value is -0.360. The Labute approximate surface area is 114 Å². The Balaban J connectivity index is -0.00000128. The highest BCUT2D eigenvalue weighted by Gasteiger charge is 2.20. The van der Waals surface area contributed by atoms with Crippen LogP contribution in [0.25, 0.3) is 0 Å². The molecule has 0 rings (SSSR count). The second-order valence-corrected chi connectivity index (χ2v) is 7.24. The molecule has 2 N–H and O–H groups in total. The first-order valence-corrected chi connectivity index (χ1v) is 8.01. The lowest BCUT2D eigenvalue weighted by molar-refractivity contribution is -0.121. The summed E-state index contributed by atoms with van der Waals surface area (Å²) in [6.07, 6.45) is 1.33. The fourth-order valence-corrected chi connectivity index (χ4v) is 3.55. The molecule has 0 aromatic carbocycles. The second kappa shape index (κ2) is 8.69. The molecule has 0 saturated carbocycles. The Morgan fingerprint density at radius 3 is 2.47 bits per heavy atom. The van der Waals surface area contributed by atoms with Crippen molar-refractivity contribution in [1.82, 2.24) is 10.6 Å². The lowest BCUT2D eigenvalue weighted by Gasteiger charge is -2.22. The minimum Gasteiger partial charge on any atom is -0.359 e. The van der Waals surface area contributed by atoms with Gasteiger partial charge in [0.25, 0.3) is 0 Å². The van der Waals surface area contributed by atoms with Crippen LogP contribution in [-0.4, -0.2) is 35.9 Å². The van der Waals surface area contributed by atoms with Crippen LogP contribution in [0.5, 0.6) is 0 Å². The van der Waals surface area contributed by atoms with Crippen molar-refractivity contribution in [3.05, 3.63) is 0 Å². The lowest BCUT2D eigenvalue weighted by Crippen LogP contribution is -2.25. The van der Waals surface area contributed by atoms with Crippen LogP contribution < -0.4 is 10.6 Å². The van der Waals surface area contributed by atoms with Crippen molar-refractivity contribution in [2.24, 2.45) is 0 Å². The molecule has 17 heavy (non-hydrogen) atoms. The molecule has 4 nitrogen and oxygen atoms in total. The van der Waals surface area contributed by atoms with Gasteiger partial charge in [-0.05, 0) is 27.2 Å². The second-order valence-electron chi connectivity index (χ2n) is 4.23. The lowest BCUT2D eigenvalue weighted by atomic mass is 10.1. The van der Waals surface area contributed by atoms with E-state index in [1.165, 1.54) is 0 Å². The summed E-state index contributed by atoms with van der Waals surface area (Å²) >= 11 is 0. The van der Waals surface area contributed by atoms with Crippen LogP contribution in [0.2, 0.25) is 0 Å². The average Bonchev–Trinajstić information content (AvgIpc) is 2.26. The van der Waals surface area contributed by atoms with Crippen LogP contribution in [-0.2, 0) is 9.59 Å². The van der Waals surface area contributed by atoms with E-state index in [1.54, 1.807) is 28.6 Å². The maximum Gasteiger partial charge on any atom is 0.230 e. The average molecular weight is 282 g/mol. The van der Waals surface area contributed by atoms with Crippen LogP contribution in [0.1, 0.15) is 36.5 Å². The van der Waals surface area contributed by atoms with E-state index < -0.39 is 0 Å². The summed E-state index contributed by atoms with van der Waals surface area (Å²) in [7, 11) is 4.85. The summed E-state index contributed by atoms with van der Waals surface area (Å²) in [4.78, 5) is 22.4. The minimum atomic E-state index is 0. The van der Waals surface area contributed by atoms with Gasteiger partial charge in [-0.2, -0.15) is 0 Å². The van der Waals surface area contributed by atoms with E-state index in [-0.39, 0.29) is 19.4 Å². The van der Waals surface area contributed by atoms with Crippen LogP contribution in [0, 0.1) is 0 Å². The zero-order valence-electron chi connectivity index (χ0n) is 11.0. The molecule has 0 spiro atoms. The normalized spacial score (nSPS) is 11.1. The highest BCUT2D eigenvalue weighted by atomic mass is 33.1. The number of rotatable bonds is 8. The first-order valence-electron chi connectivity index (χ1n) is 5.69. The number of nitrogens with one attached hydrogen (secondary N) is 2. The van der Waals surface area contributed by atoms with Gasteiger partial charge < -0.3 is 10.6 Å². The fourth-order valence-electron chi connectivity index (χ4n) is 1.07. The van der Waals surface area contributed by atoms with E-state index >= 15 is 0 Å². The van der Waals surface area contributed by atoms with Gasteiger partial charge in [-0.3, -0.25) is 9.59 Å². The van der Waals surface area contributed by atoms with Crippen molar-refractivity contribution < 1.29 is 12.4 Å². The van der Waals surface area contributed by atoms with Gasteiger partial charge in [0, 0.05) is 27.6 Å². The molecule has 0 aliphatic heterocycles. The molecule has 0 fully saturated rings. The molecule has 0 bridgehead atoms. The van der Waals surface area contributed by atoms with Gasteiger partial charge in [0.1, 0.15) is 0 Å². The molecule has 2 amide bonds. The van der Waals surface area contributed by atoms with E-state index in [0.717, 1.165) is 6.42 Å². The summed E-state index contributed by atoms with van der Waals surface area (Å²) < 4.78 is 0.00364. The summed E-state index contributed by atoms with van der Waals surface area (Å²) in [5.41, 5.74) is 0. The smallest absolute Gasteiger partial charge is 0.230 e. The number of hydrogen-bond donors (Lipinski definition) is 2. The van der Waals surface area contributed by atoms with Crippen molar-refractivity contribution in [2.45, 2.75) is 38.4 Å². The molecule has 0 heterocycles. The first kappa shape index (κ1) is 16.6. The summed E-state index contributed by atoms with van der Waals surface area (Å²) in [5, 5.41) is 5.36. The monoisotopic (exact) mass is 282 g/mol. The number of hydrogen-bond acceptors (Lipinski definition) is 4. The molecule has 0 atom stereocenters. The predicted octanol–water partition coefficient (Wildman–Crippen LogP) is 2.30. The number of carbonyl (C=O) groups is 2. The van der Waals surface area contributed by atoms with Gasteiger partial charge in [-0.25, -0.2) is 0 Å². The van der Waals surface area contributed by atoms with Crippen LogP contribution in [0.4, 0.5) is 0 Å². The van der Waals surface area contributed by atoms with Gasteiger partial charge in [0.2, 0.25) is 11.8 Å². The summed E-state index contributed by atoms with van der Waals surface area (Å²) in [6, 6.07) is 0. The standard InChI is InChI=1S/C11H22N2O2S2.2H2/c1-5-13-10(15)8-16-17-11(2,3)7-6-9(14)12-4;;/h5-8H2,1-4H3,(H,12,14)(H,13,15);2*1H. The third-order valence-electron chi connectivity index (χ3n) is 2.08. The largest absolute Gasteiger partial charge is 0.359 e. The number of carbonyl (C=O) groups excluding carboxylic acids is 2. The van der Waals surface area contributed by atoms with Gasteiger partial charge in [-0.15, -0.1) is 0 Å². The summed E-state index contributed by atoms with van der Waals surface area (Å²) in [5.74, 6) is 0.585. The highest BCUT2D eigenvalue weighted by Crippen LogP contribution is 2.38. The molecule has 104 valence electrons. The Morgan fingerprint density at radius 2 is 1.94 bits per heavy atom. The van der Waals surface area contributed by atoms with Crippen molar-refractivity contribution in [3.8, 4) is 0 Å². The molecule has 0 aromatic heterocycles. The third kappa shape index (κ3) is 9.35. The van der Waals surface area contributed by atoms with Crippen LogP contribution in [0.15, 0.2) is 0 Å². The topological polar surface area (TPSA) is 58.2 Å². The molecule has 0 saturated heterocycles. The van der Waals surface area contributed by atoms with E-state index in [1.807, 2.05) is 6.92 Å².